The molecule has 0 saturated carbocycles. The Kier molecular flexibility index (Phi) is 4.58. The molecule has 0 spiro atoms. The van der Waals surface area contributed by atoms with Crippen molar-refractivity contribution in [1.82, 2.24) is 4.90 Å². The Hall–Kier alpha value is -0.380. The van der Waals surface area contributed by atoms with Crippen molar-refractivity contribution >= 4 is 0 Å². The molecule has 0 amide bonds. The predicted octanol–water partition coefficient (Wildman–Crippen LogP) is 1.50. The lowest BCUT2D eigenvalue weighted by atomic mass is 10.1. The molecule has 0 N–H and O–H groups in total. The first-order valence-electron chi connectivity index (χ1n) is 5.18. The van der Waals surface area contributed by atoms with Gasteiger partial charge in [0.15, 0.2) is 0 Å². The first-order chi connectivity index (χ1) is 6.67. The SMILES string of the molecule is C=CC(OC)N1CC(OCC(C)C)C1. The fourth-order valence-electron chi connectivity index (χ4n) is 1.51. The molecule has 1 rings (SSSR count). The normalized spacial score (nSPS) is 20.9. The van der Waals surface area contributed by atoms with Crippen molar-refractivity contribution < 1.29 is 9.47 Å². The molecule has 3 heteroatoms. The second kappa shape index (κ2) is 5.49. The van der Waals surface area contributed by atoms with Gasteiger partial charge in [0.05, 0.1) is 6.10 Å². The summed E-state index contributed by atoms with van der Waals surface area (Å²) in [4.78, 5) is 2.21. The summed E-state index contributed by atoms with van der Waals surface area (Å²) < 4.78 is 10.9. The summed E-state index contributed by atoms with van der Waals surface area (Å²) >= 11 is 0. The maximum Gasteiger partial charge on any atom is 0.129 e. The Morgan fingerprint density at radius 1 is 1.50 bits per heavy atom. The molecule has 0 aromatic heterocycles. The molecule has 3 nitrogen and oxygen atoms in total. The summed E-state index contributed by atoms with van der Waals surface area (Å²) in [5, 5.41) is 0. The Balaban J connectivity index is 2.13. The molecule has 1 heterocycles. The third-order valence-corrected chi connectivity index (χ3v) is 2.34. The molecule has 1 aliphatic rings. The van der Waals surface area contributed by atoms with E-state index in [-0.39, 0.29) is 6.23 Å². The average molecular weight is 199 g/mol. The van der Waals surface area contributed by atoms with Crippen molar-refractivity contribution in [1.29, 1.82) is 0 Å². The average Bonchev–Trinajstić information content (AvgIpc) is 2.08. The van der Waals surface area contributed by atoms with E-state index in [9.17, 15) is 0 Å². The Morgan fingerprint density at radius 2 is 2.14 bits per heavy atom. The fraction of sp³-hybridized carbons (Fsp3) is 0.818. The zero-order valence-electron chi connectivity index (χ0n) is 9.40. The highest BCUT2D eigenvalue weighted by Crippen LogP contribution is 2.16. The van der Waals surface area contributed by atoms with Crippen LogP contribution in [0.5, 0.6) is 0 Å². The van der Waals surface area contributed by atoms with E-state index in [0.29, 0.717) is 12.0 Å². The van der Waals surface area contributed by atoms with Crippen LogP contribution in [0.15, 0.2) is 12.7 Å². The minimum atomic E-state index is 0.0499. The second-order valence-electron chi connectivity index (χ2n) is 4.17. The van der Waals surface area contributed by atoms with Gasteiger partial charge in [-0.05, 0) is 12.0 Å². The highest BCUT2D eigenvalue weighted by molar-refractivity contribution is 4.90. The molecule has 0 aromatic rings. The minimum absolute atomic E-state index is 0.0499. The van der Waals surface area contributed by atoms with E-state index in [1.54, 1.807) is 7.11 Å². The quantitative estimate of drug-likeness (QED) is 0.605. The van der Waals surface area contributed by atoms with Gasteiger partial charge in [0, 0.05) is 26.8 Å². The molecule has 0 bridgehead atoms. The van der Waals surface area contributed by atoms with E-state index in [1.807, 2.05) is 6.08 Å². The highest BCUT2D eigenvalue weighted by atomic mass is 16.5. The molecule has 1 aliphatic heterocycles. The summed E-state index contributed by atoms with van der Waals surface area (Å²) in [5.74, 6) is 0.613. The number of likely N-dealkylation sites (tertiary alicyclic amines) is 1. The molecule has 82 valence electrons. The van der Waals surface area contributed by atoms with E-state index in [4.69, 9.17) is 9.47 Å². The van der Waals surface area contributed by atoms with Crippen LogP contribution in [-0.2, 0) is 9.47 Å². The van der Waals surface area contributed by atoms with Crippen LogP contribution >= 0.6 is 0 Å². The van der Waals surface area contributed by atoms with Crippen LogP contribution in [0.2, 0.25) is 0 Å². The molecule has 1 atom stereocenters. The molecule has 14 heavy (non-hydrogen) atoms. The van der Waals surface area contributed by atoms with Crippen LogP contribution in [0.3, 0.4) is 0 Å². The van der Waals surface area contributed by atoms with Gasteiger partial charge in [-0.2, -0.15) is 0 Å². The number of rotatable bonds is 6. The highest BCUT2D eigenvalue weighted by Gasteiger charge is 2.31. The van der Waals surface area contributed by atoms with Gasteiger partial charge in [-0.25, -0.2) is 0 Å². The fourth-order valence-corrected chi connectivity index (χ4v) is 1.51. The van der Waals surface area contributed by atoms with Crippen molar-refractivity contribution in [2.45, 2.75) is 26.2 Å². The van der Waals surface area contributed by atoms with Crippen molar-refractivity contribution in [3.8, 4) is 0 Å². The van der Waals surface area contributed by atoms with Crippen LogP contribution in [0, 0.1) is 5.92 Å². The van der Waals surface area contributed by atoms with Crippen LogP contribution in [0.25, 0.3) is 0 Å². The van der Waals surface area contributed by atoms with E-state index in [2.05, 4.69) is 25.3 Å². The van der Waals surface area contributed by atoms with Crippen molar-refractivity contribution in [3.05, 3.63) is 12.7 Å². The third kappa shape index (κ3) is 3.08. The zero-order valence-corrected chi connectivity index (χ0v) is 9.40. The molecule has 1 unspecified atom stereocenters. The number of hydrogen-bond donors (Lipinski definition) is 0. The molecular weight excluding hydrogens is 178 g/mol. The summed E-state index contributed by atoms with van der Waals surface area (Å²) in [6, 6.07) is 0. The lowest BCUT2D eigenvalue weighted by Crippen LogP contribution is -2.56. The number of methoxy groups -OCH3 is 1. The van der Waals surface area contributed by atoms with Gasteiger partial charge in [-0.15, -0.1) is 0 Å². The molecule has 0 radical (unpaired) electrons. The molecule has 0 aliphatic carbocycles. The van der Waals surface area contributed by atoms with Crippen LogP contribution in [0.4, 0.5) is 0 Å². The Morgan fingerprint density at radius 3 is 2.57 bits per heavy atom. The molecule has 0 aromatic carbocycles. The smallest absolute Gasteiger partial charge is 0.129 e. The minimum Gasteiger partial charge on any atom is -0.375 e. The lowest BCUT2D eigenvalue weighted by molar-refractivity contribution is -0.122. The van der Waals surface area contributed by atoms with Gasteiger partial charge in [-0.3, -0.25) is 4.90 Å². The lowest BCUT2D eigenvalue weighted by Gasteiger charge is -2.42. The molecule has 1 saturated heterocycles. The number of hydrogen-bond acceptors (Lipinski definition) is 3. The van der Waals surface area contributed by atoms with Gasteiger partial charge >= 0.3 is 0 Å². The Bertz CT molecular complexity index is 176. The molecule has 1 fully saturated rings. The second-order valence-corrected chi connectivity index (χ2v) is 4.17. The Labute approximate surface area is 86.7 Å². The summed E-state index contributed by atoms with van der Waals surface area (Å²) in [5.41, 5.74) is 0. The van der Waals surface area contributed by atoms with Crippen molar-refractivity contribution in [3.63, 3.8) is 0 Å². The maximum atomic E-state index is 5.68. The standard InChI is InChI=1S/C11H21NO2/c1-5-11(13-4)12-6-10(7-12)14-8-9(2)3/h5,9-11H,1,6-8H2,2-4H3. The van der Waals surface area contributed by atoms with E-state index >= 15 is 0 Å². The number of ether oxygens (including phenoxy) is 2. The van der Waals surface area contributed by atoms with Gasteiger partial charge < -0.3 is 9.47 Å². The summed E-state index contributed by atoms with van der Waals surface area (Å²) in [7, 11) is 1.70. The van der Waals surface area contributed by atoms with Gasteiger partial charge in [-0.1, -0.05) is 20.4 Å². The van der Waals surface area contributed by atoms with E-state index in [0.717, 1.165) is 19.7 Å². The van der Waals surface area contributed by atoms with Gasteiger partial charge in [0.1, 0.15) is 6.23 Å². The first-order valence-corrected chi connectivity index (χ1v) is 5.18. The van der Waals surface area contributed by atoms with Gasteiger partial charge in [0.2, 0.25) is 0 Å². The number of nitrogens with zero attached hydrogens (tertiary/aromatic N) is 1. The van der Waals surface area contributed by atoms with Gasteiger partial charge in [0.25, 0.3) is 0 Å². The maximum absolute atomic E-state index is 5.68. The molecular formula is C11H21NO2. The van der Waals surface area contributed by atoms with Crippen LogP contribution in [0.1, 0.15) is 13.8 Å². The zero-order chi connectivity index (χ0) is 10.6. The summed E-state index contributed by atoms with van der Waals surface area (Å²) in [6.45, 7) is 10.8. The van der Waals surface area contributed by atoms with E-state index in [1.165, 1.54) is 0 Å². The van der Waals surface area contributed by atoms with Crippen LogP contribution in [-0.4, -0.2) is 44.0 Å². The largest absolute Gasteiger partial charge is 0.375 e. The monoisotopic (exact) mass is 199 g/mol. The summed E-state index contributed by atoms with van der Waals surface area (Å²) in [6.07, 6.45) is 2.25. The third-order valence-electron chi connectivity index (χ3n) is 2.34. The predicted molar refractivity (Wildman–Crippen MR) is 57.1 cm³/mol. The van der Waals surface area contributed by atoms with E-state index < -0.39 is 0 Å². The van der Waals surface area contributed by atoms with Crippen LogP contribution < -0.4 is 0 Å². The van der Waals surface area contributed by atoms with Crippen molar-refractivity contribution in [2.75, 3.05) is 26.8 Å². The first kappa shape index (κ1) is 11.7. The van der Waals surface area contributed by atoms with Crippen molar-refractivity contribution in [2.24, 2.45) is 5.92 Å². The topological polar surface area (TPSA) is 21.7 Å².